The predicted molar refractivity (Wildman–Crippen MR) is 107 cm³/mol. The molecule has 0 atom stereocenters. The van der Waals surface area contributed by atoms with Crippen LogP contribution in [0.25, 0.3) is 0 Å². The number of aryl methyl sites for hydroxylation is 2. The molecule has 1 fully saturated rings. The van der Waals surface area contributed by atoms with Crippen LogP contribution in [0.5, 0.6) is 0 Å². The van der Waals surface area contributed by atoms with E-state index in [0.29, 0.717) is 5.56 Å². The number of pyridine rings is 1. The first-order valence-corrected chi connectivity index (χ1v) is 10.7. The van der Waals surface area contributed by atoms with Crippen molar-refractivity contribution in [1.82, 2.24) is 9.88 Å². The zero-order valence-electron chi connectivity index (χ0n) is 15.4. The van der Waals surface area contributed by atoms with Crippen molar-refractivity contribution in [2.24, 2.45) is 0 Å². The van der Waals surface area contributed by atoms with E-state index in [2.05, 4.69) is 6.07 Å². The maximum absolute atomic E-state index is 12.4. The Bertz CT molecular complexity index is 880. The molecule has 2 aromatic rings. The standard InChI is InChI=1S/C22H23N3OS/c23-14-19-13-18-5-1-2-6-20(18)24-21(19)27-15-16-7-9-17(10-8-16)22(26)25-11-3-4-12-25/h7-10,13H,1-6,11-12,15H2. The quantitative estimate of drug-likeness (QED) is 0.743. The van der Waals surface area contributed by atoms with E-state index in [0.717, 1.165) is 66.4 Å². The number of likely N-dealkylation sites (tertiary alicyclic amines) is 1. The number of carbonyl (C=O) groups is 1. The second-order valence-corrected chi connectivity index (χ2v) is 8.21. The monoisotopic (exact) mass is 377 g/mol. The van der Waals surface area contributed by atoms with Crippen LogP contribution in [0, 0.1) is 11.3 Å². The van der Waals surface area contributed by atoms with Gasteiger partial charge in [-0.05, 0) is 67.9 Å². The Balaban J connectivity index is 1.44. The first-order chi connectivity index (χ1) is 13.2. The third-order valence-corrected chi connectivity index (χ3v) is 6.42. The fraction of sp³-hybridized carbons (Fsp3) is 0.409. The van der Waals surface area contributed by atoms with Crippen molar-refractivity contribution in [2.45, 2.75) is 49.3 Å². The first kappa shape index (κ1) is 18.1. The highest BCUT2D eigenvalue weighted by molar-refractivity contribution is 7.98. The summed E-state index contributed by atoms with van der Waals surface area (Å²) in [7, 11) is 0. The molecule has 0 N–H and O–H groups in total. The van der Waals surface area contributed by atoms with Gasteiger partial charge in [0.25, 0.3) is 5.91 Å². The molecule has 1 aliphatic carbocycles. The minimum atomic E-state index is 0.134. The van der Waals surface area contributed by atoms with Crippen LogP contribution in [-0.2, 0) is 18.6 Å². The molecule has 2 heterocycles. The maximum Gasteiger partial charge on any atom is 0.253 e. The van der Waals surface area contributed by atoms with Gasteiger partial charge in [0.1, 0.15) is 11.1 Å². The molecule has 4 nitrogen and oxygen atoms in total. The Morgan fingerprint density at radius 2 is 1.85 bits per heavy atom. The lowest BCUT2D eigenvalue weighted by molar-refractivity contribution is 0.0793. The smallest absolute Gasteiger partial charge is 0.253 e. The second kappa shape index (κ2) is 8.14. The molecule has 1 aromatic carbocycles. The van der Waals surface area contributed by atoms with E-state index in [1.165, 1.54) is 18.4 Å². The van der Waals surface area contributed by atoms with Crippen molar-refractivity contribution in [3.05, 3.63) is 58.3 Å². The van der Waals surface area contributed by atoms with Crippen molar-refractivity contribution in [3.8, 4) is 6.07 Å². The summed E-state index contributed by atoms with van der Waals surface area (Å²) in [6.45, 7) is 1.74. The lowest BCUT2D eigenvalue weighted by Gasteiger charge is -2.16. The van der Waals surface area contributed by atoms with Crippen molar-refractivity contribution in [2.75, 3.05) is 13.1 Å². The van der Waals surface area contributed by atoms with E-state index in [9.17, 15) is 10.1 Å². The molecule has 2 aliphatic rings. The van der Waals surface area contributed by atoms with E-state index in [1.807, 2.05) is 35.2 Å². The maximum atomic E-state index is 12.4. The summed E-state index contributed by atoms with van der Waals surface area (Å²) in [5, 5.41) is 10.3. The van der Waals surface area contributed by atoms with Crippen molar-refractivity contribution in [3.63, 3.8) is 0 Å². The minimum Gasteiger partial charge on any atom is -0.339 e. The number of amides is 1. The summed E-state index contributed by atoms with van der Waals surface area (Å²) in [6, 6.07) is 12.2. The number of carbonyl (C=O) groups excluding carboxylic acids is 1. The molecule has 1 aliphatic heterocycles. The molecular weight excluding hydrogens is 354 g/mol. The van der Waals surface area contributed by atoms with Crippen LogP contribution in [0.15, 0.2) is 35.4 Å². The highest BCUT2D eigenvalue weighted by atomic mass is 32.2. The van der Waals surface area contributed by atoms with Crippen LogP contribution in [0.4, 0.5) is 0 Å². The highest BCUT2D eigenvalue weighted by Gasteiger charge is 2.19. The number of nitrogens with zero attached hydrogens (tertiary/aromatic N) is 3. The Morgan fingerprint density at radius 1 is 1.11 bits per heavy atom. The molecule has 5 heteroatoms. The number of aromatic nitrogens is 1. The number of hydrogen-bond acceptors (Lipinski definition) is 4. The topological polar surface area (TPSA) is 57.0 Å². The molecule has 0 bridgehead atoms. The van der Waals surface area contributed by atoms with Crippen LogP contribution >= 0.6 is 11.8 Å². The average Bonchev–Trinajstić information content (AvgIpc) is 3.26. The number of nitriles is 1. The molecular formula is C22H23N3OS. The third kappa shape index (κ3) is 4.01. The molecule has 138 valence electrons. The summed E-state index contributed by atoms with van der Waals surface area (Å²) in [5.41, 5.74) is 4.99. The Morgan fingerprint density at radius 3 is 2.59 bits per heavy atom. The molecule has 27 heavy (non-hydrogen) atoms. The Kier molecular flexibility index (Phi) is 5.45. The molecule has 0 saturated carbocycles. The van der Waals surface area contributed by atoms with Crippen LogP contribution in [-0.4, -0.2) is 28.9 Å². The van der Waals surface area contributed by atoms with Gasteiger partial charge in [-0.3, -0.25) is 4.79 Å². The van der Waals surface area contributed by atoms with Gasteiger partial charge in [-0.25, -0.2) is 4.98 Å². The van der Waals surface area contributed by atoms with Crippen LogP contribution in [0.3, 0.4) is 0 Å². The summed E-state index contributed by atoms with van der Waals surface area (Å²) in [6.07, 6.45) is 6.64. The van der Waals surface area contributed by atoms with E-state index >= 15 is 0 Å². The zero-order valence-corrected chi connectivity index (χ0v) is 16.2. The van der Waals surface area contributed by atoms with Gasteiger partial charge in [-0.15, -0.1) is 11.8 Å². The summed E-state index contributed by atoms with van der Waals surface area (Å²) in [5.74, 6) is 0.883. The molecule has 1 amide bonds. The average molecular weight is 378 g/mol. The molecule has 0 unspecified atom stereocenters. The van der Waals surface area contributed by atoms with Crippen molar-refractivity contribution < 1.29 is 4.79 Å². The largest absolute Gasteiger partial charge is 0.339 e. The summed E-state index contributed by atoms with van der Waals surface area (Å²) in [4.78, 5) is 19.1. The molecule has 1 aromatic heterocycles. The van der Waals surface area contributed by atoms with E-state index in [1.54, 1.807) is 11.8 Å². The van der Waals surface area contributed by atoms with Gasteiger partial charge >= 0.3 is 0 Å². The number of rotatable bonds is 4. The normalized spacial score (nSPS) is 16.0. The van der Waals surface area contributed by atoms with Gasteiger partial charge in [0.05, 0.1) is 5.56 Å². The van der Waals surface area contributed by atoms with Crippen LogP contribution < -0.4 is 0 Å². The van der Waals surface area contributed by atoms with Gasteiger partial charge in [0.15, 0.2) is 0 Å². The van der Waals surface area contributed by atoms with Crippen molar-refractivity contribution >= 4 is 17.7 Å². The molecule has 4 rings (SSSR count). The van der Waals surface area contributed by atoms with Crippen LogP contribution in [0.1, 0.15) is 58.4 Å². The lowest BCUT2D eigenvalue weighted by Crippen LogP contribution is -2.27. The van der Waals surface area contributed by atoms with Gasteiger partial charge < -0.3 is 4.90 Å². The molecule has 1 saturated heterocycles. The van der Waals surface area contributed by atoms with Gasteiger partial charge in [0.2, 0.25) is 0 Å². The van der Waals surface area contributed by atoms with Gasteiger partial charge in [0, 0.05) is 30.1 Å². The number of thioether (sulfide) groups is 1. The predicted octanol–water partition coefficient (Wildman–Crippen LogP) is 4.36. The Hall–Kier alpha value is -2.32. The zero-order chi connectivity index (χ0) is 18.6. The number of benzene rings is 1. The Labute approximate surface area is 164 Å². The molecule has 0 spiro atoms. The van der Waals surface area contributed by atoms with Crippen molar-refractivity contribution in [1.29, 1.82) is 5.26 Å². The van der Waals surface area contributed by atoms with E-state index in [4.69, 9.17) is 4.98 Å². The minimum absolute atomic E-state index is 0.134. The summed E-state index contributed by atoms with van der Waals surface area (Å²) >= 11 is 1.61. The van der Waals surface area contributed by atoms with Gasteiger partial charge in [-0.2, -0.15) is 5.26 Å². The van der Waals surface area contributed by atoms with Crippen LogP contribution in [0.2, 0.25) is 0 Å². The first-order valence-electron chi connectivity index (χ1n) is 9.68. The fourth-order valence-corrected chi connectivity index (χ4v) is 4.73. The molecule has 0 radical (unpaired) electrons. The van der Waals surface area contributed by atoms with E-state index < -0.39 is 0 Å². The fourth-order valence-electron chi connectivity index (χ4n) is 3.80. The SMILES string of the molecule is N#Cc1cc2c(nc1SCc1ccc(C(=O)N3CCCC3)cc1)CCCC2. The second-order valence-electron chi connectivity index (χ2n) is 7.25. The van der Waals surface area contributed by atoms with E-state index in [-0.39, 0.29) is 5.91 Å². The van der Waals surface area contributed by atoms with Gasteiger partial charge in [-0.1, -0.05) is 12.1 Å². The highest BCUT2D eigenvalue weighted by Crippen LogP contribution is 2.29. The number of hydrogen-bond donors (Lipinski definition) is 0. The number of fused-ring (bicyclic) bond motifs is 1. The summed E-state index contributed by atoms with van der Waals surface area (Å²) < 4.78 is 0. The third-order valence-electron chi connectivity index (χ3n) is 5.36. The lowest BCUT2D eigenvalue weighted by atomic mass is 9.95.